The lowest BCUT2D eigenvalue weighted by Gasteiger charge is -2.32. The number of nitrogens with one attached hydrogen (secondary N) is 1. The standard InChI is InChI=1S/C16H29N3O2/c1-12(16(21)19-9-7-14(17)8-10-19)18-15(20)11-13-5-3-2-4-6-13/h12-14H,2-11,17H2,1H3,(H,18,20). The van der Waals surface area contributed by atoms with E-state index in [-0.39, 0.29) is 17.9 Å². The summed E-state index contributed by atoms with van der Waals surface area (Å²) < 4.78 is 0. The van der Waals surface area contributed by atoms with Crippen LogP contribution in [0.2, 0.25) is 0 Å². The predicted molar refractivity (Wildman–Crippen MR) is 82.6 cm³/mol. The fourth-order valence-electron chi connectivity index (χ4n) is 3.41. The Morgan fingerprint density at radius 2 is 1.76 bits per heavy atom. The minimum atomic E-state index is -0.421. The Morgan fingerprint density at radius 3 is 2.38 bits per heavy atom. The van der Waals surface area contributed by atoms with Crippen molar-refractivity contribution >= 4 is 11.8 Å². The van der Waals surface area contributed by atoms with Crippen molar-refractivity contribution in [2.24, 2.45) is 11.7 Å². The van der Waals surface area contributed by atoms with Crippen molar-refractivity contribution in [3.8, 4) is 0 Å². The number of nitrogens with zero attached hydrogens (tertiary/aromatic N) is 1. The summed E-state index contributed by atoms with van der Waals surface area (Å²) in [5.74, 6) is 0.560. The van der Waals surface area contributed by atoms with Crippen molar-refractivity contribution in [2.75, 3.05) is 13.1 Å². The van der Waals surface area contributed by atoms with Crippen molar-refractivity contribution in [3.63, 3.8) is 0 Å². The molecule has 120 valence electrons. The molecule has 1 heterocycles. The molecule has 2 rings (SSSR count). The Hall–Kier alpha value is -1.10. The van der Waals surface area contributed by atoms with E-state index in [0.717, 1.165) is 25.7 Å². The largest absolute Gasteiger partial charge is 0.345 e. The van der Waals surface area contributed by atoms with Crippen molar-refractivity contribution in [1.82, 2.24) is 10.2 Å². The number of carbonyl (C=O) groups excluding carboxylic acids is 2. The smallest absolute Gasteiger partial charge is 0.244 e. The van der Waals surface area contributed by atoms with Crippen LogP contribution < -0.4 is 11.1 Å². The molecule has 0 bridgehead atoms. The molecular formula is C16H29N3O2. The third-order valence-corrected chi connectivity index (χ3v) is 4.80. The first kappa shape index (κ1) is 16.3. The first-order chi connectivity index (χ1) is 10.1. The van der Waals surface area contributed by atoms with Gasteiger partial charge in [0.05, 0.1) is 0 Å². The highest BCUT2D eigenvalue weighted by Crippen LogP contribution is 2.26. The van der Waals surface area contributed by atoms with E-state index >= 15 is 0 Å². The Kier molecular flexibility index (Phi) is 6.03. The molecule has 1 atom stereocenters. The van der Waals surface area contributed by atoms with Gasteiger partial charge >= 0.3 is 0 Å². The zero-order valence-electron chi connectivity index (χ0n) is 13.1. The fourth-order valence-corrected chi connectivity index (χ4v) is 3.41. The van der Waals surface area contributed by atoms with Gasteiger partial charge in [-0.25, -0.2) is 0 Å². The highest BCUT2D eigenvalue weighted by atomic mass is 16.2. The number of carbonyl (C=O) groups is 2. The summed E-state index contributed by atoms with van der Waals surface area (Å²) in [7, 11) is 0. The molecule has 0 spiro atoms. The Balaban J connectivity index is 1.73. The molecule has 0 aromatic heterocycles. The Morgan fingerprint density at radius 1 is 1.14 bits per heavy atom. The SMILES string of the molecule is CC(NC(=O)CC1CCCCC1)C(=O)N1CCC(N)CC1. The maximum atomic E-state index is 12.3. The van der Waals surface area contributed by atoms with Gasteiger partial charge in [-0.15, -0.1) is 0 Å². The summed E-state index contributed by atoms with van der Waals surface area (Å²) in [6.45, 7) is 3.21. The number of hydrogen-bond donors (Lipinski definition) is 2. The van der Waals surface area contributed by atoms with Gasteiger partial charge in [0, 0.05) is 25.6 Å². The van der Waals surface area contributed by atoms with E-state index in [1.165, 1.54) is 19.3 Å². The average Bonchev–Trinajstić information content (AvgIpc) is 2.48. The monoisotopic (exact) mass is 295 g/mol. The van der Waals surface area contributed by atoms with Gasteiger partial charge in [0.25, 0.3) is 0 Å². The summed E-state index contributed by atoms with van der Waals surface area (Å²) in [4.78, 5) is 26.2. The maximum absolute atomic E-state index is 12.3. The van der Waals surface area contributed by atoms with E-state index in [1.54, 1.807) is 6.92 Å². The molecule has 2 aliphatic rings. The molecule has 1 unspecified atom stereocenters. The number of amides is 2. The third-order valence-electron chi connectivity index (χ3n) is 4.80. The van der Waals surface area contributed by atoms with Crippen molar-refractivity contribution in [3.05, 3.63) is 0 Å². The van der Waals surface area contributed by atoms with Gasteiger partial charge < -0.3 is 16.0 Å². The molecule has 5 heteroatoms. The number of rotatable bonds is 4. The lowest BCUT2D eigenvalue weighted by Crippen LogP contribution is -2.51. The van der Waals surface area contributed by atoms with Crippen LogP contribution in [0.15, 0.2) is 0 Å². The molecular weight excluding hydrogens is 266 g/mol. The van der Waals surface area contributed by atoms with Gasteiger partial charge in [-0.1, -0.05) is 19.3 Å². The predicted octanol–water partition coefficient (Wildman–Crippen LogP) is 1.41. The maximum Gasteiger partial charge on any atom is 0.244 e. The minimum absolute atomic E-state index is 0.0245. The molecule has 1 aliphatic heterocycles. The molecule has 0 radical (unpaired) electrons. The van der Waals surface area contributed by atoms with Gasteiger partial charge in [-0.2, -0.15) is 0 Å². The van der Waals surface area contributed by atoms with Gasteiger partial charge in [-0.05, 0) is 38.5 Å². The lowest BCUT2D eigenvalue weighted by atomic mass is 9.87. The molecule has 5 nitrogen and oxygen atoms in total. The van der Waals surface area contributed by atoms with Crippen LogP contribution in [0.3, 0.4) is 0 Å². The van der Waals surface area contributed by atoms with Gasteiger partial charge in [-0.3, -0.25) is 9.59 Å². The van der Waals surface area contributed by atoms with Crippen LogP contribution in [0.5, 0.6) is 0 Å². The summed E-state index contributed by atoms with van der Waals surface area (Å²) in [6.07, 6.45) is 8.36. The Labute approximate surface area is 127 Å². The lowest BCUT2D eigenvalue weighted by molar-refractivity contribution is -0.137. The highest BCUT2D eigenvalue weighted by Gasteiger charge is 2.26. The quantitative estimate of drug-likeness (QED) is 0.823. The average molecular weight is 295 g/mol. The van der Waals surface area contributed by atoms with E-state index in [1.807, 2.05) is 4.90 Å². The fraction of sp³-hybridized carbons (Fsp3) is 0.875. The third kappa shape index (κ3) is 4.99. The summed E-state index contributed by atoms with van der Waals surface area (Å²) >= 11 is 0. The van der Waals surface area contributed by atoms with Crippen molar-refractivity contribution in [1.29, 1.82) is 0 Å². The minimum Gasteiger partial charge on any atom is -0.345 e. The van der Waals surface area contributed by atoms with Crippen LogP contribution in [-0.2, 0) is 9.59 Å². The molecule has 2 amide bonds. The number of hydrogen-bond acceptors (Lipinski definition) is 3. The molecule has 0 aromatic rings. The number of likely N-dealkylation sites (tertiary alicyclic amines) is 1. The van der Waals surface area contributed by atoms with Crippen molar-refractivity contribution in [2.45, 2.75) is 70.4 Å². The molecule has 1 saturated carbocycles. The van der Waals surface area contributed by atoms with E-state index in [0.29, 0.717) is 25.4 Å². The Bertz CT molecular complexity index is 359. The van der Waals surface area contributed by atoms with E-state index < -0.39 is 6.04 Å². The van der Waals surface area contributed by atoms with Gasteiger partial charge in [0.1, 0.15) is 6.04 Å². The molecule has 1 saturated heterocycles. The summed E-state index contributed by atoms with van der Waals surface area (Å²) in [5, 5.41) is 2.87. The molecule has 2 fully saturated rings. The van der Waals surface area contributed by atoms with Gasteiger partial charge in [0.2, 0.25) is 11.8 Å². The van der Waals surface area contributed by atoms with Crippen LogP contribution in [0, 0.1) is 5.92 Å². The van der Waals surface area contributed by atoms with Gasteiger partial charge in [0.15, 0.2) is 0 Å². The first-order valence-electron chi connectivity index (χ1n) is 8.40. The highest BCUT2D eigenvalue weighted by molar-refractivity contribution is 5.87. The number of piperidine rings is 1. The molecule has 3 N–H and O–H groups in total. The second-order valence-electron chi connectivity index (χ2n) is 6.66. The van der Waals surface area contributed by atoms with E-state index in [9.17, 15) is 9.59 Å². The normalized spacial score (nSPS) is 22.9. The first-order valence-corrected chi connectivity index (χ1v) is 8.40. The molecule has 0 aromatic carbocycles. The summed E-state index contributed by atoms with van der Waals surface area (Å²) in [5.41, 5.74) is 5.85. The summed E-state index contributed by atoms with van der Waals surface area (Å²) in [6, 6.07) is -0.208. The van der Waals surface area contributed by atoms with E-state index in [2.05, 4.69) is 5.32 Å². The van der Waals surface area contributed by atoms with Crippen LogP contribution in [-0.4, -0.2) is 41.9 Å². The second-order valence-corrected chi connectivity index (χ2v) is 6.66. The molecule has 1 aliphatic carbocycles. The topological polar surface area (TPSA) is 75.4 Å². The molecule has 21 heavy (non-hydrogen) atoms. The zero-order valence-corrected chi connectivity index (χ0v) is 13.1. The van der Waals surface area contributed by atoms with Crippen LogP contribution in [0.4, 0.5) is 0 Å². The van der Waals surface area contributed by atoms with Crippen LogP contribution in [0.25, 0.3) is 0 Å². The zero-order chi connectivity index (χ0) is 15.2. The van der Waals surface area contributed by atoms with Crippen molar-refractivity contribution < 1.29 is 9.59 Å². The number of nitrogens with two attached hydrogens (primary N) is 1. The van der Waals surface area contributed by atoms with Crippen LogP contribution in [0.1, 0.15) is 58.3 Å². The van der Waals surface area contributed by atoms with E-state index in [4.69, 9.17) is 5.73 Å². The second kappa shape index (κ2) is 7.78. The van der Waals surface area contributed by atoms with Crippen LogP contribution >= 0.6 is 0 Å².